The number of nitrogens with zero attached hydrogens (tertiary/aromatic N) is 2. The van der Waals surface area contributed by atoms with E-state index in [-0.39, 0.29) is 11.5 Å². The van der Waals surface area contributed by atoms with Crippen molar-refractivity contribution in [3.8, 4) is 23.0 Å². The van der Waals surface area contributed by atoms with Crippen LogP contribution in [-0.4, -0.2) is 27.5 Å². The van der Waals surface area contributed by atoms with E-state index in [1.165, 1.54) is 12.1 Å². The number of methoxy groups -OCH3 is 1. The molecule has 0 unspecified atom stereocenters. The molecule has 1 fully saturated rings. The van der Waals surface area contributed by atoms with Gasteiger partial charge in [0.1, 0.15) is 5.60 Å². The van der Waals surface area contributed by atoms with Crippen LogP contribution in [0, 0.1) is 0 Å². The van der Waals surface area contributed by atoms with Crippen LogP contribution in [0.25, 0.3) is 11.5 Å². The van der Waals surface area contributed by atoms with Crippen molar-refractivity contribution >= 4 is 0 Å². The fourth-order valence-corrected chi connectivity index (χ4v) is 2.65. The van der Waals surface area contributed by atoms with Crippen molar-refractivity contribution in [1.82, 2.24) is 10.1 Å². The van der Waals surface area contributed by atoms with E-state index in [1.54, 1.807) is 13.2 Å². The Labute approximate surface area is 116 Å². The van der Waals surface area contributed by atoms with Gasteiger partial charge >= 0.3 is 0 Å². The first-order chi connectivity index (χ1) is 9.64. The van der Waals surface area contributed by atoms with E-state index >= 15 is 0 Å². The molecule has 6 heteroatoms. The third kappa shape index (κ3) is 2.02. The average molecular weight is 276 g/mol. The van der Waals surface area contributed by atoms with E-state index in [4.69, 9.17) is 9.26 Å². The van der Waals surface area contributed by atoms with E-state index in [0.717, 1.165) is 25.7 Å². The molecule has 1 saturated carbocycles. The van der Waals surface area contributed by atoms with E-state index in [9.17, 15) is 10.2 Å². The summed E-state index contributed by atoms with van der Waals surface area (Å²) >= 11 is 0. The molecule has 3 rings (SSSR count). The van der Waals surface area contributed by atoms with Gasteiger partial charge in [0, 0.05) is 12.7 Å². The van der Waals surface area contributed by atoms with Crippen LogP contribution >= 0.6 is 0 Å². The lowest BCUT2D eigenvalue weighted by Crippen LogP contribution is -2.25. The Morgan fingerprint density at radius 1 is 1.20 bits per heavy atom. The zero-order valence-corrected chi connectivity index (χ0v) is 11.2. The van der Waals surface area contributed by atoms with E-state index < -0.39 is 5.60 Å². The second kappa shape index (κ2) is 4.79. The Morgan fingerprint density at radius 3 is 2.60 bits per heavy atom. The summed E-state index contributed by atoms with van der Waals surface area (Å²) in [5.74, 6) is 0.445. The number of aromatic hydroxyl groups is 2. The fraction of sp³-hybridized carbons (Fsp3) is 0.429. The molecule has 0 spiro atoms. The molecular formula is C14H16N2O4. The van der Waals surface area contributed by atoms with Crippen molar-refractivity contribution in [3.63, 3.8) is 0 Å². The highest BCUT2D eigenvalue weighted by Gasteiger charge is 2.40. The smallest absolute Gasteiger partial charge is 0.258 e. The van der Waals surface area contributed by atoms with Gasteiger partial charge in [-0.3, -0.25) is 0 Å². The largest absolute Gasteiger partial charge is 0.504 e. The van der Waals surface area contributed by atoms with Gasteiger partial charge < -0.3 is 19.5 Å². The highest BCUT2D eigenvalue weighted by Crippen LogP contribution is 2.41. The summed E-state index contributed by atoms with van der Waals surface area (Å²) in [7, 11) is 1.66. The maximum Gasteiger partial charge on any atom is 0.258 e. The Hall–Kier alpha value is -2.08. The highest BCUT2D eigenvalue weighted by atomic mass is 16.5. The van der Waals surface area contributed by atoms with Gasteiger partial charge in [-0.1, -0.05) is 5.16 Å². The van der Waals surface area contributed by atoms with Crippen molar-refractivity contribution < 1.29 is 19.5 Å². The molecule has 0 radical (unpaired) electrons. The molecule has 1 aromatic carbocycles. The molecule has 1 heterocycles. The van der Waals surface area contributed by atoms with Crippen molar-refractivity contribution in [2.45, 2.75) is 31.3 Å². The molecule has 6 nitrogen and oxygen atoms in total. The quantitative estimate of drug-likeness (QED) is 0.837. The molecule has 1 aromatic heterocycles. The first-order valence-electron chi connectivity index (χ1n) is 6.56. The van der Waals surface area contributed by atoms with Gasteiger partial charge in [0.05, 0.1) is 0 Å². The van der Waals surface area contributed by atoms with Gasteiger partial charge in [-0.2, -0.15) is 4.98 Å². The number of phenolic OH excluding ortho intramolecular Hbond substituents is 2. The molecule has 1 aliphatic rings. The summed E-state index contributed by atoms with van der Waals surface area (Å²) in [4.78, 5) is 4.38. The number of rotatable bonds is 3. The Balaban J connectivity index is 1.95. The zero-order valence-electron chi connectivity index (χ0n) is 11.2. The molecule has 20 heavy (non-hydrogen) atoms. The van der Waals surface area contributed by atoms with Crippen LogP contribution in [0.4, 0.5) is 0 Å². The maximum atomic E-state index is 9.51. The van der Waals surface area contributed by atoms with Gasteiger partial charge in [-0.05, 0) is 43.9 Å². The molecule has 0 aliphatic heterocycles. The number of benzene rings is 1. The minimum absolute atomic E-state index is 0.183. The lowest BCUT2D eigenvalue weighted by atomic mass is 10.0. The van der Waals surface area contributed by atoms with Crippen molar-refractivity contribution in [3.05, 3.63) is 24.0 Å². The molecule has 0 amide bonds. The third-order valence-corrected chi connectivity index (χ3v) is 3.86. The van der Waals surface area contributed by atoms with Gasteiger partial charge in [0.2, 0.25) is 5.82 Å². The van der Waals surface area contributed by atoms with Gasteiger partial charge in [-0.25, -0.2) is 0 Å². The molecule has 2 aromatic rings. The van der Waals surface area contributed by atoms with Crippen LogP contribution in [0.2, 0.25) is 0 Å². The highest BCUT2D eigenvalue weighted by molar-refractivity contribution is 5.59. The first kappa shape index (κ1) is 12.9. The number of hydrogen-bond acceptors (Lipinski definition) is 6. The van der Waals surface area contributed by atoms with Gasteiger partial charge in [0.25, 0.3) is 5.89 Å². The number of aromatic nitrogens is 2. The second-order valence-electron chi connectivity index (χ2n) is 5.03. The molecule has 1 aliphatic carbocycles. The van der Waals surface area contributed by atoms with E-state index in [1.807, 2.05) is 0 Å². The van der Waals surface area contributed by atoms with Crippen LogP contribution in [0.1, 0.15) is 31.5 Å². The lowest BCUT2D eigenvalue weighted by Gasteiger charge is -2.22. The summed E-state index contributed by atoms with van der Waals surface area (Å²) in [5, 5.41) is 22.8. The summed E-state index contributed by atoms with van der Waals surface area (Å²) in [6.07, 6.45) is 3.92. The molecule has 0 bridgehead atoms. The predicted molar refractivity (Wildman–Crippen MR) is 70.2 cm³/mol. The Morgan fingerprint density at radius 2 is 1.95 bits per heavy atom. The average Bonchev–Trinajstić information content (AvgIpc) is 3.10. The minimum atomic E-state index is -0.458. The lowest BCUT2D eigenvalue weighted by molar-refractivity contribution is -0.0178. The van der Waals surface area contributed by atoms with Crippen LogP contribution < -0.4 is 0 Å². The van der Waals surface area contributed by atoms with E-state index in [2.05, 4.69) is 10.1 Å². The molecular weight excluding hydrogens is 260 g/mol. The summed E-state index contributed by atoms with van der Waals surface area (Å²) in [6, 6.07) is 4.39. The predicted octanol–water partition coefficient (Wildman–Crippen LogP) is 2.56. The first-order valence-corrected chi connectivity index (χ1v) is 6.56. The van der Waals surface area contributed by atoms with Crippen molar-refractivity contribution in [2.75, 3.05) is 7.11 Å². The van der Waals surface area contributed by atoms with E-state index in [0.29, 0.717) is 17.3 Å². The maximum absolute atomic E-state index is 9.51. The van der Waals surface area contributed by atoms with Crippen molar-refractivity contribution in [1.29, 1.82) is 0 Å². The van der Waals surface area contributed by atoms with Crippen LogP contribution in [-0.2, 0) is 10.3 Å². The number of phenols is 2. The number of hydrogen-bond donors (Lipinski definition) is 2. The minimum Gasteiger partial charge on any atom is -0.504 e. The summed E-state index contributed by atoms with van der Waals surface area (Å²) < 4.78 is 10.9. The molecule has 0 atom stereocenters. The standard InChI is InChI=1S/C14H16N2O4/c1-19-14(6-2-3-7-14)13-15-12(20-16-13)9-4-5-10(17)11(18)8-9/h4-5,8,17-18H,2-3,6-7H2,1H3. The van der Waals surface area contributed by atoms with Crippen LogP contribution in [0.3, 0.4) is 0 Å². The van der Waals surface area contributed by atoms with Gasteiger partial charge in [0.15, 0.2) is 11.5 Å². The zero-order chi connectivity index (χ0) is 14.2. The summed E-state index contributed by atoms with van der Waals surface area (Å²) in [5.41, 5.74) is 0.101. The van der Waals surface area contributed by atoms with Crippen LogP contribution in [0.15, 0.2) is 22.7 Å². The summed E-state index contributed by atoms with van der Waals surface area (Å²) in [6.45, 7) is 0. The molecule has 0 saturated heterocycles. The Kier molecular flexibility index (Phi) is 3.10. The monoisotopic (exact) mass is 276 g/mol. The number of ether oxygens (including phenoxy) is 1. The normalized spacial score (nSPS) is 17.4. The fourth-order valence-electron chi connectivity index (χ4n) is 2.65. The van der Waals surface area contributed by atoms with Gasteiger partial charge in [-0.15, -0.1) is 0 Å². The Bertz CT molecular complexity index is 617. The molecule has 2 N–H and O–H groups in total. The van der Waals surface area contributed by atoms with Crippen molar-refractivity contribution in [2.24, 2.45) is 0 Å². The topological polar surface area (TPSA) is 88.6 Å². The third-order valence-electron chi connectivity index (χ3n) is 3.86. The SMILES string of the molecule is COC1(c2noc(-c3ccc(O)c(O)c3)n2)CCCC1. The molecule has 106 valence electrons. The second-order valence-corrected chi connectivity index (χ2v) is 5.03. The van der Waals surface area contributed by atoms with Crippen LogP contribution in [0.5, 0.6) is 11.5 Å².